The predicted octanol–water partition coefficient (Wildman–Crippen LogP) is 0.863. The number of nitrogens with one attached hydrogen (secondary N) is 4. The fraction of sp³-hybridized carbons (Fsp3) is 0.400. The molecule has 0 unspecified atom stereocenters. The molecule has 0 aliphatic carbocycles. The normalized spacial score (nSPS) is 20.4. The number of piperidine rings is 1. The van der Waals surface area contributed by atoms with Gasteiger partial charge in [-0.25, -0.2) is 0 Å². The monoisotopic (exact) mass is 322 g/mol. The fourth-order valence-electron chi connectivity index (χ4n) is 3.67. The summed E-state index contributed by atoms with van der Waals surface area (Å²) in [4.78, 5) is 0. The molecular formula is C20H26N4. The average molecular weight is 322 g/mol. The van der Waals surface area contributed by atoms with Gasteiger partial charge in [-0.2, -0.15) is 0 Å². The van der Waals surface area contributed by atoms with E-state index >= 15 is 0 Å². The molecule has 3 aliphatic rings. The van der Waals surface area contributed by atoms with Crippen molar-refractivity contribution in [2.45, 2.75) is 25.8 Å². The molecule has 1 aromatic rings. The van der Waals surface area contributed by atoms with Gasteiger partial charge in [0.05, 0.1) is 0 Å². The maximum atomic E-state index is 3.80. The fourth-order valence-corrected chi connectivity index (χ4v) is 3.67. The lowest BCUT2D eigenvalue weighted by Gasteiger charge is -2.26. The molecule has 1 saturated heterocycles. The third-order valence-corrected chi connectivity index (χ3v) is 5.01. The van der Waals surface area contributed by atoms with Crippen LogP contribution in [-0.2, 0) is 0 Å². The van der Waals surface area contributed by atoms with Crippen LogP contribution in [0, 0.1) is 0 Å². The van der Waals surface area contributed by atoms with Crippen molar-refractivity contribution in [3.8, 4) is 0 Å². The smallest absolute Gasteiger partial charge is 0.0442 e. The third kappa shape index (κ3) is 3.20. The summed E-state index contributed by atoms with van der Waals surface area (Å²) in [6.45, 7) is 6.14. The Morgan fingerprint density at radius 3 is 2.79 bits per heavy atom. The standard InChI is InChI=1S/C20H26N4/c1-14-10-15(3-9-23-14)17-11-16-2-6-22-13-19(16)20(12-17)24-18-4-7-21-8-5-18/h2-3,10-13,18,21-24H,4-9H2,1H3. The molecule has 0 aromatic heterocycles. The van der Waals surface area contributed by atoms with Crippen LogP contribution < -0.4 is 31.7 Å². The molecule has 126 valence electrons. The van der Waals surface area contributed by atoms with E-state index in [1.54, 1.807) is 0 Å². The van der Waals surface area contributed by atoms with Crippen LogP contribution in [-0.4, -0.2) is 32.2 Å². The zero-order valence-electron chi connectivity index (χ0n) is 14.3. The lowest BCUT2D eigenvalue weighted by Crippen LogP contribution is -2.40. The van der Waals surface area contributed by atoms with E-state index in [4.69, 9.17) is 0 Å². The van der Waals surface area contributed by atoms with Gasteiger partial charge in [0.2, 0.25) is 0 Å². The van der Waals surface area contributed by atoms with Crippen LogP contribution in [0.25, 0.3) is 17.8 Å². The Morgan fingerprint density at radius 2 is 1.96 bits per heavy atom. The molecule has 0 spiro atoms. The van der Waals surface area contributed by atoms with Gasteiger partial charge in [0.1, 0.15) is 0 Å². The van der Waals surface area contributed by atoms with Crippen LogP contribution in [0.1, 0.15) is 25.3 Å². The van der Waals surface area contributed by atoms with Crippen molar-refractivity contribution in [3.05, 3.63) is 46.0 Å². The van der Waals surface area contributed by atoms with E-state index in [-0.39, 0.29) is 0 Å². The van der Waals surface area contributed by atoms with Crippen molar-refractivity contribution >= 4 is 23.5 Å². The maximum Gasteiger partial charge on any atom is 0.0442 e. The van der Waals surface area contributed by atoms with Crippen LogP contribution in [0.3, 0.4) is 0 Å². The molecule has 1 aromatic carbocycles. The van der Waals surface area contributed by atoms with Gasteiger partial charge in [0.25, 0.3) is 0 Å². The predicted molar refractivity (Wildman–Crippen MR) is 102 cm³/mol. The second kappa shape index (κ2) is 6.73. The molecule has 0 atom stereocenters. The van der Waals surface area contributed by atoms with E-state index in [0.29, 0.717) is 6.04 Å². The van der Waals surface area contributed by atoms with E-state index in [1.165, 1.54) is 45.8 Å². The zero-order valence-corrected chi connectivity index (χ0v) is 14.3. The number of hydrogen-bond donors (Lipinski definition) is 4. The molecule has 3 aliphatic heterocycles. The van der Waals surface area contributed by atoms with Crippen LogP contribution >= 0.6 is 0 Å². The molecule has 0 radical (unpaired) electrons. The molecule has 4 nitrogen and oxygen atoms in total. The topological polar surface area (TPSA) is 48.1 Å². The van der Waals surface area contributed by atoms with Crippen LogP contribution in [0.4, 0.5) is 5.69 Å². The van der Waals surface area contributed by atoms with Gasteiger partial charge in [-0.15, -0.1) is 0 Å². The Morgan fingerprint density at radius 1 is 1.08 bits per heavy atom. The van der Waals surface area contributed by atoms with E-state index in [2.05, 4.69) is 64.8 Å². The minimum Gasteiger partial charge on any atom is -0.387 e. The van der Waals surface area contributed by atoms with Gasteiger partial charge in [0.15, 0.2) is 0 Å². The molecule has 24 heavy (non-hydrogen) atoms. The van der Waals surface area contributed by atoms with Crippen LogP contribution in [0.5, 0.6) is 0 Å². The Hall–Kier alpha value is -2.20. The van der Waals surface area contributed by atoms with Gasteiger partial charge in [-0.1, -0.05) is 12.2 Å². The maximum absolute atomic E-state index is 3.80. The molecule has 1 fully saturated rings. The number of fused-ring (bicyclic) bond motifs is 1. The second-order valence-electron chi connectivity index (χ2n) is 6.82. The molecule has 0 bridgehead atoms. The van der Waals surface area contributed by atoms with E-state index in [9.17, 15) is 0 Å². The largest absolute Gasteiger partial charge is 0.387 e. The van der Waals surface area contributed by atoms with E-state index in [0.717, 1.165) is 26.2 Å². The molecular weight excluding hydrogens is 296 g/mol. The van der Waals surface area contributed by atoms with E-state index < -0.39 is 0 Å². The zero-order chi connectivity index (χ0) is 16.4. The van der Waals surface area contributed by atoms with Crippen molar-refractivity contribution in [3.63, 3.8) is 0 Å². The summed E-state index contributed by atoms with van der Waals surface area (Å²) in [6.07, 6.45) is 11.3. The van der Waals surface area contributed by atoms with Crippen LogP contribution in [0.2, 0.25) is 0 Å². The van der Waals surface area contributed by atoms with Gasteiger partial charge in [-0.05, 0) is 67.4 Å². The first-order chi connectivity index (χ1) is 11.8. The highest BCUT2D eigenvalue weighted by atomic mass is 15.0. The molecule has 4 N–H and O–H groups in total. The van der Waals surface area contributed by atoms with Gasteiger partial charge >= 0.3 is 0 Å². The SMILES string of the molecule is CC1=CC(c2cc(NC3CCNCC3)c3c(c2)=CCNC=3)=CCN1. The van der Waals surface area contributed by atoms with Crippen molar-refractivity contribution in [2.75, 3.05) is 31.5 Å². The summed E-state index contributed by atoms with van der Waals surface area (Å²) in [6, 6.07) is 5.19. The highest BCUT2D eigenvalue weighted by Gasteiger charge is 2.15. The third-order valence-electron chi connectivity index (χ3n) is 5.01. The average Bonchev–Trinajstić information content (AvgIpc) is 2.62. The minimum atomic E-state index is 0.556. The summed E-state index contributed by atoms with van der Waals surface area (Å²) in [5.74, 6) is 0. The number of rotatable bonds is 3. The number of allylic oxidation sites excluding steroid dienone is 3. The summed E-state index contributed by atoms with van der Waals surface area (Å²) in [5.41, 5.74) is 5.10. The Balaban J connectivity index is 1.74. The number of dihydropyridines is 1. The molecule has 0 amide bonds. The highest BCUT2D eigenvalue weighted by molar-refractivity contribution is 5.78. The summed E-state index contributed by atoms with van der Waals surface area (Å²) in [7, 11) is 0. The number of hydrogen-bond acceptors (Lipinski definition) is 4. The van der Waals surface area contributed by atoms with Gasteiger partial charge in [-0.3, -0.25) is 0 Å². The Bertz CT molecular complexity index is 798. The molecule has 4 rings (SSSR count). The van der Waals surface area contributed by atoms with E-state index in [1.807, 2.05) is 0 Å². The summed E-state index contributed by atoms with van der Waals surface area (Å²) >= 11 is 0. The quantitative estimate of drug-likeness (QED) is 0.667. The van der Waals surface area contributed by atoms with Crippen molar-refractivity contribution < 1.29 is 0 Å². The van der Waals surface area contributed by atoms with Crippen LogP contribution in [0.15, 0.2) is 30.0 Å². The lowest BCUT2D eigenvalue weighted by atomic mass is 9.98. The number of anilines is 1. The first-order valence-electron chi connectivity index (χ1n) is 8.97. The second-order valence-corrected chi connectivity index (χ2v) is 6.82. The highest BCUT2D eigenvalue weighted by Crippen LogP contribution is 2.21. The summed E-state index contributed by atoms with van der Waals surface area (Å²) < 4.78 is 0. The van der Waals surface area contributed by atoms with Crippen molar-refractivity contribution in [2.24, 2.45) is 0 Å². The first-order valence-corrected chi connectivity index (χ1v) is 8.97. The molecule has 3 heterocycles. The van der Waals surface area contributed by atoms with Gasteiger partial charge < -0.3 is 21.3 Å². The Labute approximate surface area is 143 Å². The molecule has 0 saturated carbocycles. The van der Waals surface area contributed by atoms with Gasteiger partial charge in [0, 0.05) is 41.9 Å². The first kappa shape index (κ1) is 15.3. The Kier molecular flexibility index (Phi) is 4.30. The minimum absolute atomic E-state index is 0.556. The van der Waals surface area contributed by atoms with Crippen molar-refractivity contribution in [1.82, 2.24) is 16.0 Å². The molecule has 4 heteroatoms. The van der Waals surface area contributed by atoms with Crippen molar-refractivity contribution in [1.29, 1.82) is 0 Å². The number of benzene rings is 1. The lowest BCUT2D eigenvalue weighted by molar-refractivity contribution is 0.479. The summed E-state index contributed by atoms with van der Waals surface area (Å²) in [5, 5.41) is 16.6.